The molecule has 0 unspecified atom stereocenters. The molecule has 1 aliphatic heterocycles. The molecule has 120 valence electrons. The Hall–Kier alpha value is -1.29. The average molecular weight is 343 g/mol. The van der Waals surface area contributed by atoms with E-state index in [1.165, 1.54) is 10.6 Å². The van der Waals surface area contributed by atoms with Gasteiger partial charge in [0.15, 0.2) is 5.82 Å². The first kappa shape index (κ1) is 15.6. The number of aromatic nitrogens is 2. The maximum atomic E-state index is 11.9. The lowest BCUT2D eigenvalue weighted by Gasteiger charge is -2.18. The van der Waals surface area contributed by atoms with Crippen molar-refractivity contribution >= 4 is 21.4 Å². The molecule has 22 heavy (non-hydrogen) atoms. The summed E-state index contributed by atoms with van der Waals surface area (Å²) in [6.07, 6.45) is 2.12. The highest BCUT2D eigenvalue weighted by molar-refractivity contribution is 7.88. The summed E-state index contributed by atoms with van der Waals surface area (Å²) in [7, 11) is -1.78. The van der Waals surface area contributed by atoms with Gasteiger partial charge < -0.3 is 9.26 Å². The van der Waals surface area contributed by atoms with Crippen LogP contribution in [0.2, 0.25) is 0 Å². The number of hydrogen-bond acceptors (Lipinski definition) is 7. The Labute approximate surface area is 132 Å². The second-order valence-electron chi connectivity index (χ2n) is 5.25. The molecule has 9 heteroatoms. The molecule has 0 saturated carbocycles. The Morgan fingerprint density at radius 3 is 3.00 bits per heavy atom. The molecule has 0 amide bonds. The van der Waals surface area contributed by atoms with Crippen molar-refractivity contribution in [2.75, 3.05) is 19.9 Å². The SMILES string of the molecule is CO[C@H]1C[C@H](c2nc(Cc3cccs3)no2)N(S(C)(=O)=O)C1. The molecule has 2 aromatic heterocycles. The Balaban J connectivity index is 1.81. The smallest absolute Gasteiger partial charge is 0.245 e. The minimum atomic E-state index is -3.36. The molecular formula is C13H17N3O4S2. The fourth-order valence-corrected chi connectivity index (χ4v) is 4.35. The van der Waals surface area contributed by atoms with Gasteiger partial charge in [0.1, 0.15) is 6.04 Å². The fraction of sp³-hybridized carbons (Fsp3) is 0.538. The molecule has 0 N–H and O–H groups in total. The van der Waals surface area contributed by atoms with Crippen LogP contribution in [0.3, 0.4) is 0 Å². The second-order valence-corrected chi connectivity index (χ2v) is 8.21. The van der Waals surface area contributed by atoms with Gasteiger partial charge in [-0.05, 0) is 11.4 Å². The van der Waals surface area contributed by atoms with Gasteiger partial charge in [-0.3, -0.25) is 0 Å². The predicted octanol–water partition coefficient (Wildman–Crippen LogP) is 1.44. The van der Waals surface area contributed by atoms with E-state index in [1.54, 1.807) is 18.4 Å². The Kier molecular flexibility index (Phi) is 4.31. The first-order valence-corrected chi connectivity index (χ1v) is 9.54. The lowest BCUT2D eigenvalue weighted by molar-refractivity contribution is 0.114. The van der Waals surface area contributed by atoms with E-state index in [-0.39, 0.29) is 6.10 Å². The van der Waals surface area contributed by atoms with Gasteiger partial charge >= 0.3 is 0 Å². The molecule has 0 radical (unpaired) electrons. The van der Waals surface area contributed by atoms with E-state index in [2.05, 4.69) is 10.1 Å². The first-order valence-electron chi connectivity index (χ1n) is 6.82. The molecule has 2 aromatic rings. The third kappa shape index (κ3) is 3.22. The zero-order chi connectivity index (χ0) is 15.7. The lowest BCUT2D eigenvalue weighted by atomic mass is 10.2. The minimum absolute atomic E-state index is 0.160. The molecule has 3 heterocycles. The monoisotopic (exact) mass is 343 g/mol. The van der Waals surface area contributed by atoms with Crippen LogP contribution in [0.25, 0.3) is 0 Å². The topological polar surface area (TPSA) is 85.5 Å². The van der Waals surface area contributed by atoms with Crippen LogP contribution in [-0.2, 0) is 21.2 Å². The summed E-state index contributed by atoms with van der Waals surface area (Å²) >= 11 is 1.62. The molecule has 0 spiro atoms. The van der Waals surface area contributed by atoms with Crippen LogP contribution in [0.15, 0.2) is 22.0 Å². The first-order chi connectivity index (χ1) is 10.5. The molecule has 1 fully saturated rings. The molecular weight excluding hydrogens is 326 g/mol. The van der Waals surface area contributed by atoms with Crippen LogP contribution in [0.4, 0.5) is 0 Å². The van der Waals surface area contributed by atoms with Crippen LogP contribution >= 0.6 is 11.3 Å². The fourth-order valence-electron chi connectivity index (χ4n) is 2.57. The third-order valence-electron chi connectivity index (χ3n) is 3.66. The number of nitrogens with zero attached hydrogens (tertiary/aromatic N) is 3. The van der Waals surface area contributed by atoms with Crippen molar-refractivity contribution in [3.05, 3.63) is 34.1 Å². The van der Waals surface area contributed by atoms with Gasteiger partial charge in [0.2, 0.25) is 15.9 Å². The standard InChI is InChI=1S/C13H17N3O4S2/c1-19-9-6-11(16(8-9)22(2,17)18)13-14-12(15-20-13)7-10-4-3-5-21-10/h3-5,9,11H,6-8H2,1-2H3/t9-,11+/m0/s1. The van der Waals surface area contributed by atoms with Gasteiger partial charge in [-0.15, -0.1) is 11.3 Å². The summed E-state index contributed by atoms with van der Waals surface area (Å²) in [5, 5.41) is 5.95. The van der Waals surface area contributed by atoms with E-state index in [0.29, 0.717) is 31.1 Å². The number of methoxy groups -OCH3 is 1. The maximum Gasteiger partial charge on any atom is 0.245 e. The lowest BCUT2D eigenvalue weighted by Crippen LogP contribution is -2.31. The van der Waals surface area contributed by atoms with Crippen molar-refractivity contribution in [3.63, 3.8) is 0 Å². The van der Waals surface area contributed by atoms with Gasteiger partial charge in [-0.2, -0.15) is 9.29 Å². The number of sulfonamides is 1. The zero-order valence-corrected chi connectivity index (χ0v) is 13.9. The Morgan fingerprint density at radius 2 is 2.36 bits per heavy atom. The van der Waals surface area contributed by atoms with Crippen LogP contribution in [0.1, 0.15) is 29.1 Å². The van der Waals surface area contributed by atoms with Crippen molar-refractivity contribution in [1.82, 2.24) is 14.4 Å². The molecule has 0 aliphatic carbocycles. The number of rotatable bonds is 5. The molecule has 0 bridgehead atoms. The summed E-state index contributed by atoms with van der Waals surface area (Å²) in [5.74, 6) is 0.892. The molecule has 2 atom stereocenters. The van der Waals surface area contributed by atoms with E-state index in [0.717, 1.165) is 4.88 Å². The summed E-state index contributed by atoms with van der Waals surface area (Å²) < 4.78 is 35.8. The second kappa shape index (κ2) is 6.07. The molecule has 0 aromatic carbocycles. The minimum Gasteiger partial charge on any atom is -0.380 e. The van der Waals surface area contributed by atoms with Crippen molar-refractivity contribution in [1.29, 1.82) is 0 Å². The number of thiophene rings is 1. The summed E-state index contributed by atoms with van der Waals surface area (Å²) in [6.45, 7) is 0.308. The van der Waals surface area contributed by atoms with Gasteiger partial charge in [0.05, 0.1) is 12.4 Å². The van der Waals surface area contributed by atoms with Gasteiger partial charge in [-0.1, -0.05) is 11.2 Å². The van der Waals surface area contributed by atoms with E-state index in [4.69, 9.17) is 9.26 Å². The van der Waals surface area contributed by atoms with Crippen LogP contribution in [-0.4, -0.2) is 48.9 Å². The Morgan fingerprint density at radius 1 is 1.55 bits per heavy atom. The highest BCUT2D eigenvalue weighted by Gasteiger charge is 2.41. The summed E-state index contributed by atoms with van der Waals surface area (Å²) in [5.41, 5.74) is 0. The van der Waals surface area contributed by atoms with Crippen LogP contribution in [0, 0.1) is 0 Å². The van der Waals surface area contributed by atoms with Crippen molar-refractivity contribution in [3.8, 4) is 0 Å². The van der Waals surface area contributed by atoms with Crippen molar-refractivity contribution in [2.45, 2.75) is 25.0 Å². The summed E-state index contributed by atoms with van der Waals surface area (Å²) in [6, 6.07) is 3.51. The molecule has 1 aliphatic rings. The third-order valence-corrected chi connectivity index (χ3v) is 5.79. The predicted molar refractivity (Wildman–Crippen MR) is 81.1 cm³/mol. The quantitative estimate of drug-likeness (QED) is 0.817. The van der Waals surface area contributed by atoms with E-state index >= 15 is 0 Å². The maximum absolute atomic E-state index is 11.9. The average Bonchev–Trinajstić information content (AvgIpc) is 3.17. The molecule has 7 nitrogen and oxygen atoms in total. The normalized spacial score (nSPS) is 23.2. The number of hydrogen-bond donors (Lipinski definition) is 0. The highest BCUT2D eigenvalue weighted by atomic mass is 32.2. The van der Waals surface area contributed by atoms with Gasteiger partial charge in [-0.25, -0.2) is 8.42 Å². The van der Waals surface area contributed by atoms with Gasteiger partial charge in [0, 0.05) is 31.4 Å². The molecule has 1 saturated heterocycles. The van der Waals surface area contributed by atoms with Crippen LogP contribution in [0.5, 0.6) is 0 Å². The Bertz CT molecular complexity index is 726. The van der Waals surface area contributed by atoms with E-state index < -0.39 is 16.1 Å². The molecule has 3 rings (SSSR count). The van der Waals surface area contributed by atoms with Crippen molar-refractivity contribution < 1.29 is 17.7 Å². The number of ether oxygens (including phenoxy) is 1. The largest absolute Gasteiger partial charge is 0.380 e. The van der Waals surface area contributed by atoms with E-state index in [1.807, 2.05) is 17.5 Å². The van der Waals surface area contributed by atoms with Crippen molar-refractivity contribution in [2.24, 2.45) is 0 Å². The van der Waals surface area contributed by atoms with Gasteiger partial charge in [0.25, 0.3) is 0 Å². The van der Waals surface area contributed by atoms with E-state index in [9.17, 15) is 8.42 Å². The highest BCUT2D eigenvalue weighted by Crippen LogP contribution is 2.34. The zero-order valence-electron chi connectivity index (χ0n) is 12.3. The summed E-state index contributed by atoms with van der Waals surface area (Å²) in [4.78, 5) is 5.50. The van der Waals surface area contributed by atoms with Crippen LogP contribution < -0.4 is 0 Å².